The van der Waals surface area contributed by atoms with Crippen molar-refractivity contribution < 1.29 is 9.90 Å². The van der Waals surface area contributed by atoms with E-state index < -0.39 is 5.97 Å². The Morgan fingerprint density at radius 3 is 2.52 bits per heavy atom. The van der Waals surface area contributed by atoms with Gasteiger partial charge in [0.15, 0.2) is 0 Å². The summed E-state index contributed by atoms with van der Waals surface area (Å²) in [5.41, 5.74) is 2.62. The quantitative estimate of drug-likeness (QED) is 0.837. The van der Waals surface area contributed by atoms with Gasteiger partial charge in [-0.1, -0.05) is 51.0 Å². The van der Waals surface area contributed by atoms with Crippen LogP contribution in [0.3, 0.4) is 0 Å². The molecule has 1 aromatic rings. The molecule has 0 bridgehead atoms. The fourth-order valence-electron chi connectivity index (χ4n) is 3.20. The summed E-state index contributed by atoms with van der Waals surface area (Å²) in [7, 11) is 0. The average Bonchev–Trinajstić information content (AvgIpc) is 2.48. The van der Waals surface area contributed by atoms with Gasteiger partial charge in [0.05, 0.1) is 5.92 Å². The molecule has 1 aliphatic carbocycles. The number of carboxylic acid groups (broad SMARTS) is 1. The summed E-state index contributed by atoms with van der Waals surface area (Å²) in [4.78, 5) is 11.3. The van der Waals surface area contributed by atoms with Gasteiger partial charge in [-0.15, -0.1) is 0 Å². The summed E-state index contributed by atoms with van der Waals surface area (Å²) in [5.74, 6) is 0.0640. The van der Waals surface area contributed by atoms with Crippen LogP contribution >= 0.6 is 0 Å². The minimum Gasteiger partial charge on any atom is -0.481 e. The second kappa shape index (κ2) is 7.60. The number of rotatable bonds is 6. The molecule has 1 fully saturated rings. The second-order valence-corrected chi connectivity index (χ2v) is 6.52. The lowest BCUT2D eigenvalue weighted by Crippen LogP contribution is -2.34. The van der Waals surface area contributed by atoms with E-state index in [4.69, 9.17) is 0 Å². The highest BCUT2D eigenvalue weighted by atomic mass is 16.4. The van der Waals surface area contributed by atoms with Crippen molar-refractivity contribution in [1.82, 2.24) is 5.32 Å². The highest BCUT2D eigenvalue weighted by Gasteiger charge is 2.30. The Bertz CT molecular complexity index is 453. The Labute approximate surface area is 127 Å². The van der Waals surface area contributed by atoms with Crippen molar-refractivity contribution in [1.29, 1.82) is 0 Å². The number of nitrogens with one attached hydrogen (secondary N) is 1. The van der Waals surface area contributed by atoms with Crippen LogP contribution in [0, 0.1) is 11.8 Å². The van der Waals surface area contributed by atoms with E-state index in [0.717, 1.165) is 32.4 Å². The van der Waals surface area contributed by atoms with Gasteiger partial charge in [0.1, 0.15) is 0 Å². The van der Waals surface area contributed by atoms with Gasteiger partial charge >= 0.3 is 5.97 Å². The van der Waals surface area contributed by atoms with E-state index in [1.165, 1.54) is 17.5 Å². The van der Waals surface area contributed by atoms with Crippen LogP contribution in [-0.2, 0) is 11.3 Å². The standard InChI is InChI=1S/C18H27NO2/c1-13(2)15-9-7-14(8-10-15)11-19-12-16-5-3-4-6-17(16)18(20)21/h7-10,13,16-17,19H,3-6,11-12H2,1-2H3,(H,20,21). The summed E-state index contributed by atoms with van der Waals surface area (Å²) >= 11 is 0. The summed E-state index contributed by atoms with van der Waals surface area (Å²) in [6.45, 7) is 6.02. The number of benzene rings is 1. The number of hydrogen-bond donors (Lipinski definition) is 2. The number of aliphatic carboxylic acids is 1. The molecule has 116 valence electrons. The van der Waals surface area contributed by atoms with Crippen molar-refractivity contribution in [2.24, 2.45) is 11.8 Å². The molecule has 2 atom stereocenters. The van der Waals surface area contributed by atoms with Gasteiger partial charge in [-0.3, -0.25) is 4.79 Å². The molecular weight excluding hydrogens is 262 g/mol. The van der Waals surface area contributed by atoms with Gasteiger partial charge in [-0.2, -0.15) is 0 Å². The third-order valence-electron chi connectivity index (χ3n) is 4.61. The fourth-order valence-corrected chi connectivity index (χ4v) is 3.20. The molecule has 3 nitrogen and oxygen atoms in total. The highest BCUT2D eigenvalue weighted by Crippen LogP contribution is 2.29. The zero-order valence-electron chi connectivity index (χ0n) is 13.1. The molecule has 1 saturated carbocycles. The van der Waals surface area contributed by atoms with Crippen LogP contribution in [0.15, 0.2) is 24.3 Å². The molecule has 2 N–H and O–H groups in total. The number of carbonyl (C=O) groups is 1. The minimum absolute atomic E-state index is 0.158. The molecule has 0 heterocycles. The van der Waals surface area contributed by atoms with Crippen molar-refractivity contribution in [2.75, 3.05) is 6.54 Å². The Balaban J connectivity index is 1.81. The van der Waals surface area contributed by atoms with Crippen molar-refractivity contribution in [3.05, 3.63) is 35.4 Å². The van der Waals surface area contributed by atoms with Gasteiger partial charge in [0, 0.05) is 6.54 Å². The maximum absolute atomic E-state index is 11.3. The molecule has 0 spiro atoms. The van der Waals surface area contributed by atoms with Gasteiger partial charge in [0.2, 0.25) is 0 Å². The molecule has 0 radical (unpaired) electrons. The van der Waals surface area contributed by atoms with E-state index >= 15 is 0 Å². The van der Waals surface area contributed by atoms with E-state index in [2.05, 4.69) is 43.4 Å². The smallest absolute Gasteiger partial charge is 0.306 e. The van der Waals surface area contributed by atoms with Crippen molar-refractivity contribution in [3.8, 4) is 0 Å². The van der Waals surface area contributed by atoms with Crippen LogP contribution in [0.2, 0.25) is 0 Å². The molecule has 0 saturated heterocycles. The summed E-state index contributed by atoms with van der Waals surface area (Å²) < 4.78 is 0. The topological polar surface area (TPSA) is 49.3 Å². The summed E-state index contributed by atoms with van der Waals surface area (Å²) in [5, 5.41) is 12.7. The zero-order chi connectivity index (χ0) is 15.2. The lowest BCUT2D eigenvalue weighted by molar-refractivity contribution is -0.144. The van der Waals surface area contributed by atoms with E-state index in [0.29, 0.717) is 5.92 Å². The Hall–Kier alpha value is -1.35. The molecule has 1 aromatic carbocycles. The first kappa shape index (κ1) is 16.0. The average molecular weight is 289 g/mol. The number of carboxylic acids is 1. The van der Waals surface area contributed by atoms with E-state index in [-0.39, 0.29) is 11.8 Å². The Morgan fingerprint density at radius 2 is 1.90 bits per heavy atom. The van der Waals surface area contributed by atoms with Crippen LogP contribution in [0.25, 0.3) is 0 Å². The van der Waals surface area contributed by atoms with Crippen molar-refractivity contribution >= 4 is 5.97 Å². The summed E-state index contributed by atoms with van der Waals surface area (Å²) in [6.07, 6.45) is 4.10. The van der Waals surface area contributed by atoms with Crippen LogP contribution in [0.4, 0.5) is 0 Å². The van der Waals surface area contributed by atoms with E-state index in [1.54, 1.807) is 0 Å². The summed E-state index contributed by atoms with van der Waals surface area (Å²) in [6, 6.07) is 8.69. The SMILES string of the molecule is CC(C)c1ccc(CNCC2CCCCC2C(=O)O)cc1. The predicted molar refractivity (Wildman–Crippen MR) is 85.3 cm³/mol. The largest absolute Gasteiger partial charge is 0.481 e. The number of hydrogen-bond acceptors (Lipinski definition) is 2. The zero-order valence-corrected chi connectivity index (χ0v) is 13.1. The lowest BCUT2D eigenvalue weighted by atomic mass is 9.79. The maximum atomic E-state index is 11.3. The molecule has 2 unspecified atom stereocenters. The van der Waals surface area contributed by atoms with Crippen LogP contribution < -0.4 is 5.32 Å². The lowest BCUT2D eigenvalue weighted by Gasteiger charge is -2.28. The third kappa shape index (κ3) is 4.57. The second-order valence-electron chi connectivity index (χ2n) is 6.52. The van der Waals surface area contributed by atoms with Crippen LogP contribution in [0.5, 0.6) is 0 Å². The minimum atomic E-state index is -0.622. The van der Waals surface area contributed by atoms with Gasteiger partial charge < -0.3 is 10.4 Å². The maximum Gasteiger partial charge on any atom is 0.306 e. The Morgan fingerprint density at radius 1 is 1.24 bits per heavy atom. The van der Waals surface area contributed by atoms with Crippen molar-refractivity contribution in [3.63, 3.8) is 0 Å². The first-order chi connectivity index (χ1) is 10.1. The van der Waals surface area contributed by atoms with Gasteiger partial charge in [-0.25, -0.2) is 0 Å². The molecule has 3 heteroatoms. The Kier molecular flexibility index (Phi) is 5.80. The molecule has 0 aliphatic heterocycles. The van der Waals surface area contributed by atoms with Crippen molar-refractivity contribution in [2.45, 2.75) is 52.0 Å². The first-order valence-electron chi connectivity index (χ1n) is 8.10. The first-order valence-corrected chi connectivity index (χ1v) is 8.10. The normalized spacial score (nSPS) is 22.4. The van der Waals surface area contributed by atoms with E-state index in [1.807, 2.05) is 0 Å². The van der Waals surface area contributed by atoms with Crippen LogP contribution in [0.1, 0.15) is 56.6 Å². The molecule has 1 aliphatic rings. The monoisotopic (exact) mass is 289 g/mol. The fraction of sp³-hybridized carbons (Fsp3) is 0.611. The molecule has 0 aromatic heterocycles. The van der Waals surface area contributed by atoms with Crippen LogP contribution in [-0.4, -0.2) is 17.6 Å². The third-order valence-corrected chi connectivity index (χ3v) is 4.61. The molecule has 21 heavy (non-hydrogen) atoms. The molecule has 2 rings (SSSR count). The van der Waals surface area contributed by atoms with Gasteiger partial charge in [0.25, 0.3) is 0 Å². The molecule has 0 amide bonds. The predicted octanol–water partition coefficient (Wildman–Crippen LogP) is 3.79. The highest BCUT2D eigenvalue weighted by molar-refractivity contribution is 5.70. The molecular formula is C18H27NO2. The van der Waals surface area contributed by atoms with Gasteiger partial charge in [-0.05, 0) is 42.3 Å². The van der Waals surface area contributed by atoms with E-state index in [9.17, 15) is 9.90 Å².